The zero-order chi connectivity index (χ0) is 18.9. The highest BCUT2D eigenvalue weighted by molar-refractivity contribution is 7.13. The van der Waals surface area contributed by atoms with Gasteiger partial charge in [0.2, 0.25) is 0 Å². The Morgan fingerprint density at radius 2 is 2.42 bits per heavy atom. The first-order chi connectivity index (χ1) is 12.5. The number of nitrogens with zero attached hydrogens (tertiary/aromatic N) is 2. The smallest absolute Gasteiger partial charge is 0.274 e. The molecule has 1 heterocycles. The van der Waals surface area contributed by atoms with Crippen molar-refractivity contribution in [2.45, 2.75) is 37.6 Å². The van der Waals surface area contributed by atoms with Crippen molar-refractivity contribution in [2.24, 2.45) is 5.73 Å². The van der Waals surface area contributed by atoms with Crippen LogP contribution in [0.5, 0.6) is 0 Å². The van der Waals surface area contributed by atoms with E-state index in [4.69, 9.17) is 15.9 Å². The highest BCUT2D eigenvalue weighted by Crippen LogP contribution is 2.34. The summed E-state index contributed by atoms with van der Waals surface area (Å²) in [6.07, 6.45) is 4.77. The van der Waals surface area contributed by atoms with Crippen molar-refractivity contribution < 1.29 is 9.66 Å². The second kappa shape index (κ2) is 9.92. The van der Waals surface area contributed by atoms with Gasteiger partial charge in [-0.2, -0.15) is 0 Å². The standard InChI is InChI=1S/C15H25N7O3S/c1-25-6-5-18-13(8-22(23)24)19-11-4-2-3-10(7-11)12-9-26-15(20-12)21-14(16)17/h8-11,18-19H,2-7H2,1H3,(H4,16,17,20,21). The number of ether oxygens (including phenoxy) is 1. The van der Waals surface area contributed by atoms with Gasteiger partial charge in [-0.15, -0.1) is 11.3 Å². The lowest BCUT2D eigenvalue weighted by molar-refractivity contribution is -0.404. The summed E-state index contributed by atoms with van der Waals surface area (Å²) in [5.41, 5.74) is 6.30. The number of aromatic nitrogens is 1. The lowest BCUT2D eigenvalue weighted by Gasteiger charge is -2.30. The number of nitrogens with one attached hydrogen (secondary N) is 4. The molecule has 144 valence electrons. The third kappa shape index (κ3) is 6.48. The Kier molecular flexibility index (Phi) is 7.60. The maximum Gasteiger partial charge on any atom is 0.274 e. The largest absolute Gasteiger partial charge is 0.383 e. The van der Waals surface area contributed by atoms with Crippen LogP contribution in [0.4, 0.5) is 5.13 Å². The van der Waals surface area contributed by atoms with Crippen molar-refractivity contribution in [3.63, 3.8) is 0 Å². The number of rotatable bonds is 9. The molecule has 10 nitrogen and oxygen atoms in total. The van der Waals surface area contributed by atoms with E-state index in [0.29, 0.717) is 24.1 Å². The molecule has 6 N–H and O–H groups in total. The number of nitrogens with two attached hydrogens (primary N) is 1. The van der Waals surface area contributed by atoms with Gasteiger partial charge in [-0.05, 0) is 19.3 Å². The van der Waals surface area contributed by atoms with Crippen LogP contribution >= 0.6 is 11.3 Å². The maximum atomic E-state index is 10.8. The fraction of sp³-hybridized carbons (Fsp3) is 0.600. The summed E-state index contributed by atoms with van der Waals surface area (Å²) < 4.78 is 4.97. The molecule has 1 aromatic rings. The molecular formula is C15H25N7O3S. The molecule has 0 aromatic carbocycles. The van der Waals surface area contributed by atoms with E-state index in [1.165, 1.54) is 11.3 Å². The van der Waals surface area contributed by atoms with E-state index in [1.807, 2.05) is 5.38 Å². The quantitative estimate of drug-likeness (QED) is 0.141. The molecule has 1 aromatic heterocycles. The van der Waals surface area contributed by atoms with Gasteiger partial charge in [0, 0.05) is 31.0 Å². The zero-order valence-electron chi connectivity index (χ0n) is 14.7. The van der Waals surface area contributed by atoms with Gasteiger partial charge in [0.15, 0.2) is 16.9 Å². The van der Waals surface area contributed by atoms with Gasteiger partial charge in [0.25, 0.3) is 6.20 Å². The molecule has 2 unspecified atom stereocenters. The average molecular weight is 383 g/mol. The summed E-state index contributed by atoms with van der Waals surface area (Å²) in [6.45, 7) is 0.959. The van der Waals surface area contributed by atoms with Crippen LogP contribution in [0, 0.1) is 15.5 Å². The highest BCUT2D eigenvalue weighted by Gasteiger charge is 2.26. The molecule has 0 bridgehead atoms. The molecule has 0 saturated heterocycles. The number of guanidine groups is 1. The van der Waals surface area contributed by atoms with E-state index in [9.17, 15) is 10.1 Å². The Labute approximate surface area is 155 Å². The Morgan fingerprint density at radius 1 is 1.62 bits per heavy atom. The molecule has 2 atom stereocenters. The molecule has 0 radical (unpaired) electrons. The second-order valence-corrected chi connectivity index (χ2v) is 6.93. The van der Waals surface area contributed by atoms with Gasteiger partial charge in [0.05, 0.1) is 17.2 Å². The predicted octanol–water partition coefficient (Wildman–Crippen LogP) is 1.38. The van der Waals surface area contributed by atoms with Crippen LogP contribution in [-0.2, 0) is 4.74 Å². The molecule has 11 heteroatoms. The minimum absolute atomic E-state index is 0.126. The Bertz CT molecular complexity index is 649. The van der Waals surface area contributed by atoms with E-state index in [0.717, 1.165) is 37.6 Å². The van der Waals surface area contributed by atoms with Crippen molar-refractivity contribution in [2.75, 3.05) is 25.6 Å². The SMILES string of the molecule is COCCNC(=C[N+](=O)[O-])NC1CCCC(c2csc(NC(=N)N)n2)C1. The minimum atomic E-state index is -0.470. The molecule has 1 saturated carbocycles. The lowest BCUT2D eigenvalue weighted by Crippen LogP contribution is -2.39. The molecule has 2 rings (SSSR count). The molecule has 0 spiro atoms. The number of anilines is 1. The Morgan fingerprint density at radius 3 is 3.12 bits per heavy atom. The average Bonchev–Trinajstić information content (AvgIpc) is 3.02. The summed E-state index contributed by atoms with van der Waals surface area (Å²) in [7, 11) is 1.58. The fourth-order valence-corrected chi connectivity index (χ4v) is 3.79. The first-order valence-corrected chi connectivity index (χ1v) is 9.27. The van der Waals surface area contributed by atoms with E-state index in [1.54, 1.807) is 7.11 Å². The topological polar surface area (TPSA) is 151 Å². The van der Waals surface area contributed by atoms with Gasteiger partial charge in [-0.3, -0.25) is 15.5 Å². The maximum absolute atomic E-state index is 10.8. The molecular weight excluding hydrogens is 358 g/mol. The molecule has 1 fully saturated rings. The van der Waals surface area contributed by atoms with Crippen LogP contribution in [0.25, 0.3) is 0 Å². The number of nitro groups is 1. The van der Waals surface area contributed by atoms with Gasteiger partial charge in [0.1, 0.15) is 0 Å². The van der Waals surface area contributed by atoms with E-state index < -0.39 is 4.92 Å². The molecule has 0 aliphatic heterocycles. The van der Waals surface area contributed by atoms with Gasteiger partial charge >= 0.3 is 0 Å². The third-order valence-electron chi connectivity index (χ3n) is 4.07. The van der Waals surface area contributed by atoms with E-state index in [2.05, 4.69) is 20.9 Å². The molecule has 0 amide bonds. The second-order valence-electron chi connectivity index (χ2n) is 6.07. The van der Waals surface area contributed by atoms with Gasteiger partial charge < -0.3 is 26.4 Å². The predicted molar refractivity (Wildman–Crippen MR) is 101 cm³/mol. The van der Waals surface area contributed by atoms with Crippen LogP contribution in [0.1, 0.15) is 37.3 Å². The first-order valence-electron chi connectivity index (χ1n) is 8.39. The number of hydrogen-bond donors (Lipinski definition) is 5. The molecule has 26 heavy (non-hydrogen) atoms. The molecule has 1 aliphatic carbocycles. The van der Waals surface area contributed by atoms with Gasteiger partial charge in [-0.1, -0.05) is 6.42 Å². The van der Waals surface area contributed by atoms with Crippen LogP contribution in [-0.4, -0.2) is 42.2 Å². The third-order valence-corrected chi connectivity index (χ3v) is 4.85. The van der Waals surface area contributed by atoms with Crippen molar-refractivity contribution in [3.8, 4) is 0 Å². The fourth-order valence-electron chi connectivity index (χ4n) is 2.98. The lowest BCUT2D eigenvalue weighted by atomic mass is 9.84. The molecule has 1 aliphatic rings. The van der Waals surface area contributed by atoms with Gasteiger partial charge in [-0.25, -0.2) is 4.98 Å². The number of hydrogen-bond acceptors (Lipinski definition) is 8. The monoisotopic (exact) mass is 383 g/mol. The minimum Gasteiger partial charge on any atom is -0.383 e. The van der Waals surface area contributed by atoms with Crippen molar-refractivity contribution in [1.82, 2.24) is 15.6 Å². The summed E-state index contributed by atoms with van der Waals surface area (Å²) in [6, 6.07) is 0.126. The van der Waals surface area contributed by atoms with Crippen LogP contribution in [0.2, 0.25) is 0 Å². The summed E-state index contributed by atoms with van der Waals surface area (Å²) >= 11 is 1.42. The van der Waals surface area contributed by atoms with E-state index in [-0.39, 0.29) is 17.9 Å². The number of methoxy groups -OCH3 is 1. The van der Waals surface area contributed by atoms with Crippen molar-refractivity contribution in [1.29, 1.82) is 5.41 Å². The van der Waals surface area contributed by atoms with Crippen LogP contribution < -0.4 is 21.7 Å². The van der Waals surface area contributed by atoms with Crippen molar-refractivity contribution >= 4 is 22.4 Å². The summed E-state index contributed by atoms with van der Waals surface area (Å²) in [4.78, 5) is 14.9. The van der Waals surface area contributed by atoms with Crippen molar-refractivity contribution in [3.05, 3.63) is 33.2 Å². The Balaban J connectivity index is 1.96. The van der Waals surface area contributed by atoms with E-state index >= 15 is 0 Å². The Hall–Kier alpha value is -2.40. The zero-order valence-corrected chi connectivity index (χ0v) is 15.5. The number of thiazole rings is 1. The first kappa shape index (κ1) is 19.9. The normalized spacial score (nSPS) is 20.4. The summed E-state index contributed by atoms with van der Waals surface area (Å²) in [5, 5.41) is 29.6. The van der Waals surface area contributed by atoms with Crippen LogP contribution in [0.15, 0.2) is 17.4 Å². The summed E-state index contributed by atoms with van der Waals surface area (Å²) in [5.74, 6) is 0.538. The van der Waals surface area contributed by atoms with Crippen LogP contribution in [0.3, 0.4) is 0 Å². The highest BCUT2D eigenvalue weighted by atomic mass is 32.1.